The molecule has 0 saturated heterocycles. The molecular formula is C10H18N2O2S. The molecule has 1 rings (SSSR count). The lowest BCUT2D eigenvalue weighted by molar-refractivity contribution is 0.513. The predicted molar refractivity (Wildman–Crippen MR) is 62.4 cm³/mol. The van der Waals surface area contributed by atoms with E-state index < -0.39 is 10.8 Å². The number of hydrogen-bond donors (Lipinski definition) is 1. The number of hydrogen-bond acceptors (Lipinski definition) is 2. The number of H-pyrrole nitrogens is 1. The maximum atomic E-state index is 11.5. The first-order chi connectivity index (χ1) is 7.04. The summed E-state index contributed by atoms with van der Waals surface area (Å²) in [4.78, 5) is 11.5. The van der Waals surface area contributed by atoms with Crippen molar-refractivity contribution in [2.24, 2.45) is 0 Å². The second-order valence-electron chi connectivity index (χ2n) is 3.87. The summed E-state index contributed by atoms with van der Waals surface area (Å²) in [5, 5.41) is 2.98. The zero-order chi connectivity index (χ0) is 11.4. The highest BCUT2D eigenvalue weighted by atomic mass is 32.2. The van der Waals surface area contributed by atoms with E-state index in [1.165, 1.54) is 6.07 Å². The van der Waals surface area contributed by atoms with Crippen molar-refractivity contribution in [1.82, 2.24) is 9.78 Å². The van der Waals surface area contributed by atoms with Crippen LogP contribution < -0.4 is 5.56 Å². The molecule has 1 heterocycles. The molecule has 1 N–H and O–H groups in total. The Kier molecular flexibility index (Phi) is 4.32. The van der Waals surface area contributed by atoms with Crippen molar-refractivity contribution in [2.75, 3.05) is 5.75 Å². The second kappa shape index (κ2) is 5.30. The van der Waals surface area contributed by atoms with Crippen LogP contribution in [-0.4, -0.2) is 19.7 Å². The molecule has 86 valence electrons. The third-order valence-electron chi connectivity index (χ3n) is 2.06. The number of nitrogens with one attached hydrogen (secondary N) is 1. The first-order valence-corrected chi connectivity index (χ1v) is 6.68. The van der Waals surface area contributed by atoms with Crippen molar-refractivity contribution in [3.8, 4) is 0 Å². The summed E-state index contributed by atoms with van der Waals surface area (Å²) in [5.41, 5.74) is 0.717. The van der Waals surface area contributed by atoms with Crippen molar-refractivity contribution in [2.45, 2.75) is 39.0 Å². The summed E-state index contributed by atoms with van der Waals surface area (Å²) in [7, 11) is -0.863. The van der Waals surface area contributed by atoms with E-state index in [9.17, 15) is 9.00 Å². The monoisotopic (exact) mass is 230 g/mol. The van der Waals surface area contributed by atoms with Gasteiger partial charge in [-0.1, -0.05) is 6.92 Å². The summed E-state index contributed by atoms with van der Waals surface area (Å²) in [6.45, 7) is 5.87. The lowest BCUT2D eigenvalue weighted by Crippen LogP contribution is -2.17. The van der Waals surface area contributed by atoms with Crippen LogP contribution in [0.2, 0.25) is 0 Å². The number of aromatic nitrogens is 2. The van der Waals surface area contributed by atoms with Crippen LogP contribution in [0.4, 0.5) is 0 Å². The van der Waals surface area contributed by atoms with Crippen LogP contribution in [0.5, 0.6) is 0 Å². The summed E-state index contributed by atoms with van der Waals surface area (Å²) < 4.78 is 13.0. The molecule has 15 heavy (non-hydrogen) atoms. The van der Waals surface area contributed by atoms with Gasteiger partial charge < -0.3 is 0 Å². The minimum Gasteiger partial charge on any atom is -0.299 e. The van der Waals surface area contributed by atoms with Crippen LogP contribution in [0, 0.1) is 0 Å². The highest BCUT2D eigenvalue weighted by molar-refractivity contribution is 7.84. The fourth-order valence-corrected chi connectivity index (χ4v) is 2.49. The smallest absolute Gasteiger partial charge is 0.266 e. The Morgan fingerprint density at radius 3 is 2.67 bits per heavy atom. The molecular weight excluding hydrogens is 212 g/mol. The molecule has 0 radical (unpaired) electrons. The van der Waals surface area contributed by atoms with Crippen LogP contribution in [0.25, 0.3) is 0 Å². The first kappa shape index (κ1) is 12.2. The van der Waals surface area contributed by atoms with Gasteiger partial charge in [-0.25, -0.2) is 0 Å². The molecule has 1 aromatic heterocycles. The predicted octanol–water partition coefficient (Wildman–Crippen LogP) is 1.42. The van der Waals surface area contributed by atoms with E-state index in [0.29, 0.717) is 11.5 Å². The van der Waals surface area contributed by atoms with Gasteiger partial charge in [0, 0.05) is 34.4 Å². The molecule has 1 atom stereocenters. The Bertz CT molecular complexity index is 392. The highest BCUT2D eigenvalue weighted by Gasteiger charge is 2.08. The van der Waals surface area contributed by atoms with Crippen molar-refractivity contribution in [3.63, 3.8) is 0 Å². The van der Waals surface area contributed by atoms with Crippen LogP contribution in [0.1, 0.15) is 38.9 Å². The lowest BCUT2D eigenvalue weighted by Gasteiger charge is -2.04. The normalized spacial score (nSPS) is 13.3. The van der Waals surface area contributed by atoms with Crippen molar-refractivity contribution in [1.29, 1.82) is 0 Å². The Morgan fingerprint density at radius 1 is 1.53 bits per heavy atom. The fourth-order valence-electron chi connectivity index (χ4n) is 1.39. The largest absolute Gasteiger partial charge is 0.299 e. The van der Waals surface area contributed by atoms with E-state index in [2.05, 4.69) is 5.10 Å². The third-order valence-corrected chi connectivity index (χ3v) is 3.56. The van der Waals surface area contributed by atoms with Crippen molar-refractivity contribution < 1.29 is 4.21 Å². The Labute approximate surface area is 92.1 Å². The lowest BCUT2D eigenvalue weighted by atomic mass is 10.4. The number of aromatic amines is 1. The molecule has 0 aliphatic rings. The van der Waals surface area contributed by atoms with E-state index in [1.54, 1.807) is 4.68 Å². The van der Waals surface area contributed by atoms with Gasteiger partial charge in [-0.15, -0.1) is 0 Å². The van der Waals surface area contributed by atoms with Gasteiger partial charge in [0.05, 0.1) is 5.75 Å². The van der Waals surface area contributed by atoms with E-state index in [4.69, 9.17) is 0 Å². The average molecular weight is 230 g/mol. The van der Waals surface area contributed by atoms with Crippen LogP contribution in [-0.2, 0) is 16.6 Å². The van der Waals surface area contributed by atoms with Crippen LogP contribution in [0.3, 0.4) is 0 Å². The van der Waals surface area contributed by atoms with Crippen molar-refractivity contribution in [3.05, 3.63) is 22.1 Å². The Hall–Kier alpha value is -0.840. The summed E-state index contributed by atoms with van der Waals surface area (Å²) >= 11 is 0. The molecule has 0 aliphatic heterocycles. The van der Waals surface area contributed by atoms with E-state index in [0.717, 1.165) is 12.1 Å². The van der Waals surface area contributed by atoms with Crippen LogP contribution >= 0.6 is 0 Å². The van der Waals surface area contributed by atoms with Gasteiger partial charge in [0.1, 0.15) is 0 Å². The van der Waals surface area contributed by atoms with E-state index >= 15 is 0 Å². The topological polar surface area (TPSA) is 54.9 Å². The minimum atomic E-state index is -0.863. The third kappa shape index (κ3) is 3.34. The molecule has 0 saturated carbocycles. The van der Waals surface area contributed by atoms with Gasteiger partial charge in [0.2, 0.25) is 0 Å². The van der Waals surface area contributed by atoms with Gasteiger partial charge in [0.15, 0.2) is 0 Å². The maximum absolute atomic E-state index is 11.5. The molecule has 5 heteroatoms. The summed E-state index contributed by atoms with van der Waals surface area (Å²) in [6.07, 6.45) is 0.904. The molecule has 4 nitrogen and oxygen atoms in total. The molecule has 0 fully saturated rings. The molecule has 0 aliphatic carbocycles. The maximum Gasteiger partial charge on any atom is 0.266 e. The minimum absolute atomic E-state index is 0.0477. The van der Waals surface area contributed by atoms with E-state index in [-0.39, 0.29) is 11.6 Å². The standard InChI is InChI=1S/C10H18N2O2S/c1-4-5-15(14)7-9-6-10(13)12(11-9)8(2)3/h6,8,11H,4-5,7H2,1-3H3. The van der Waals surface area contributed by atoms with Gasteiger partial charge in [-0.3, -0.25) is 18.8 Å². The van der Waals surface area contributed by atoms with Gasteiger partial charge in [-0.05, 0) is 20.3 Å². The highest BCUT2D eigenvalue weighted by Crippen LogP contribution is 2.02. The molecule has 1 unspecified atom stereocenters. The fraction of sp³-hybridized carbons (Fsp3) is 0.700. The second-order valence-corrected chi connectivity index (χ2v) is 5.45. The van der Waals surface area contributed by atoms with Gasteiger partial charge >= 0.3 is 0 Å². The molecule has 0 amide bonds. The summed E-state index contributed by atoms with van der Waals surface area (Å²) in [6, 6.07) is 1.65. The van der Waals surface area contributed by atoms with Gasteiger partial charge in [-0.2, -0.15) is 0 Å². The zero-order valence-corrected chi connectivity index (χ0v) is 10.3. The molecule has 1 aromatic rings. The Morgan fingerprint density at radius 2 is 2.20 bits per heavy atom. The Balaban J connectivity index is 2.76. The van der Waals surface area contributed by atoms with E-state index in [1.807, 2.05) is 20.8 Å². The quantitative estimate of drug-likeness (QED) is 0.831. The van der Waals surface area contributed by atoms with Crippen molar-refractivity contribution >= 4 is 10.8 Å². The molecule has 0 aromatic carbocycles. The molecule has 0 spiro atoms. The number of nitrogens with zero attached hydrogens (tertiary/aromatic N) is 1. The average Bonchev–Trinajstić information content (AvgIpc) is 2.47. The van der Waals surface area contributed by atoms with Gasteiger partial charge in [0.25, 0.3) is 5.56 Å². The van der Waals surface area contributed by atoms with Crippen LogP contribution in [0.15, 0.2) is 10.9 Å². The summed E-state index contributed by atoms with van der Waals surface area (Å²) in [5.74, 6) is 1.14. The number of rotatable bonds is 5. The first-order valence-electron chi connectivity index (χ1n) is 5.20. The SMILES string of the molecule is CCCS(=O)Cc1cc(=O)n(C(C)C)[nH]1. The zero-order valence-electron chi connectivity index (χ0n) is 9.45. The molecule has 0 bridgehead atoms.